The lowest BCUT2D eigenvalue weighted by atomic mass is 9.93. The van der Waals surface area contributed by atoms with Gasteiger partial charge in [-0.1, -0.05) is 20.4 Å². The Hall–Kier alpha value is -0.790. The molecule has 2 heteroatoms. The first-order valence-electron chi connectivity index (χ1n) is 3.96. The molecule has 0 unspecified atom stereocenters. The molecular formula is C9H15NO. The average molecular weight is 153 g/mol. The van der Waals surface area contributed by atoms with Gasteiger partial charge in [-0.25, -0.2) is 0 Å². The van der Waals surface area contributed by atoms with Gasteiger partial charge in [0.1, 0.15) is 0 Å². The number of rotatable bonds is 1. The largest absolute Gasteiger partial charge is 0.339 e. The van der Waals surface area contributed by atoms with Crippen LogP contribution in [0.3, 0.4) is 0 Å². The molecular weight excluding hydrogens is 138 g/mol. The fourth-order valence-corrected chi connectivity index (χ4v) is 1.43. The standard InChI is InChI=1S/C9H15NO/c1-4-8(11)10-6-5-9(2,3)7-10/h4H,1,5-7H2,2-3H3. The van der Waals surface area contributed by atoms with Gasteiger partial charge in [0.05, 0.1) is 0 Å². The number of hydrogen-bond donors (Lipinski definition) is 0. The van der Waals surface area contributed by atoms with Crippen LogP contribution in [0.4, 0.5) is 0 Å². The molecule has 1 rings (SSSR count). The molecule has 1 aliphatic heterocycles. The second-order valence-corrected chi connectivity index (χ2v) is 3.88. The normalized spacial score (nSPS) is 21.8. The quantitative estimate of drug-likeness (QED) is 0.522. The third-order valence-corrected chi connectivity index (χ3v) is 2.16. The van der Waals surface area contributed by atoms with Crippen molar-refractivity contribution in [3.05, 3.63) is 12.7 Å². The third kappa shape index (κ3) is 1.82. The maximum atomic E-state index is 11.1. The molecule has 62 valence electrons. The Morgan fingerprint density at radius 3 is 2.64 bits per heavy atom. The van der Waals surface area contributed by atoms with Gasteiger partial charge < -0.3 is 4.90 Å². The van der Waals surface area contributed by atoms with Crippen LogP contribution in [0.1, 0.15) is 20.3 Å². The predicted molar refractivity (Wildman–Crippen MR) is 45.2 cm³/mol. The van der Waals surface area contributed by atoms with E-state index in [4.69, 9.17) is 0 Å². The van der Waals surface area contributed by atoms with Crippen LogP contribution in [0.25, 0.3) is 0 Å². The molecule has 0 aromatic heterocycles. The SMILES string of the molecule is C=CC(=O)N1CCC(C)(C)C1. The molecule has 0 aliphatic carbocycles. The zero-order valence-electron chi connectivity index (χ0n) is 7.26. The van der Waals surface area contributed by atoms with Crippen LogP contribution in [0.2, 0.25) is 0 Å². The van der Waals surface area contributed by atoms with Crippen molar-refractivity contribution in [3.63, 3.8) is 0 Å². The number of likely N-dealkylation sites (tertiary alicyclic amines) is 1. The summed E-state index contributed by atoms with van der Waals surface area (Å²) in [6.07, 6.45) is 2.49. The lowest BCUT2D eigenvalue weighted by molar-refractivity contribution is -0.125. The van der Waals surface area contributed by atoms with E-state index in [2.05, 4.69) is 20.4 Å². The third-order valence-electron chi connectivity index (χ3n) is 2.16. The summed E-state index contributed by atoms with van der Waals surface area (Å²) >= 11 is 0. The molecule has 1 heterocycles. The summed E-state index contributed by atoms with van der Waals surface area (Å²) in [5, 5.41) is 0. The molecule has 0 radical (unpaired) electrons. The van der Waals surface area contributed by atoms with Crippen molar-refractivity contribution in [2.75, 3.05) is 13.1 Å². The minimum Gasteiger partial charge on any atom is -0.339 e. The van der Waals surface area contributed by atoms with Crippen LogP contribution in [0, 0.1) is 5.41 Å². The Kier molecular flexibility index (Phi) is 2.03. The van der Waals surface area contributed by atoms with Crippen molar-refractivity contribution >= 4 is 5.91 Å². The van der Waals surface area contributed by atoms with E-state index >= 15 is 0 Å². The van der Waals surface area contributed by atoms with Crippen molar-refractivity contribution in [1.82, 2.24) is 4.90 Å². The summed E-state index contributed by atoms with van der Waals surface area (Å²) in [6.45, 7) is 9.59. The van der Waals surface area contributed by atoms with Crippen LogP contribution >= 0.6 is 0 Å². The first-order chi connectivity index (χ1) is 5.05. The molecule has 1 aliphatic rings. The highest BCUT2D eigenvalue weighted by atomic mass is 16.2. The smallest absolute Gasteiger partial charge is 0.245 e. The zero-order chi connectivity index (χ0) is 8.48. The summed E-state index contributed by atoms with van der Waals surface area (Å²) in [5.41, 5.74) is 0.304. The van der Waals surface area contributed by atoms with Crippen molar-refractivity contribution < 1.29 is 4.79 Å². The molecule has 0 bridgehead atoms. The summed E-state index contributed by atoms with van der Waals surface area (Å²) in [6, 6.07) is 0. The summed E-state index contributed by atoms with van der Waals surface area (Å²) in [4.78, 5) is 13.0. The summed E-state index contributed by atoms with van der Waals surface area (Å²) < 4.78 is 0. The zero-order valence-corrected chi connectivity index (χ0v) is 7.26. The lowest BCUT2D eigenvalue weighted by Crippen LogP contribution is -2.28. The van der Waals surface area contributed by atoms with Gasteiger partial charge in [-0.3, -0.25) is 4.79 Å². The van der Waals surface area contributed by atoms with E-state index in [-0.39, 0.29) is 5.91 Å². The molecule has 0 saturated carbocycles. The summed E-state index contributed by atoms with van der Waals surface area (Å²) in [7, 11) is 0. The monoisotopic (exact) mass is 153 g/mol. The Morgan fingerprint density at radius 2 is 2.27 bits per heavy atom. The van der Waals surface area contributed by atoms with Crippen molar-refractivity contribution in [2.45, 2.75) is 20.3 Å². The topological polar surface area (TPSA) is 20.3 Å². The van der Waals surface area contributed by atoms with E-state index in [1.165, 1.54) is 6.08 Å². The highest BCUT2D eigenvalue weighted by Gasteiger charge is 2.30. The highest BCUT2D eigenvalue weighted by Crippen LogP contribution is 2.28. The minimum atomic E-state index is 0.0653. The van der Waals surface area contributed by atoms with Crippen molar-refractivity contribution in [3.8, 4) is 0 Å². The number of nitrogens with zero attached hydrogens (tertiary/aromatic N) is 1. The Balaban J connectivity index is 2.54. The van der Waals surface area contributed by atoms with E-state index in [0.717, 1.165) is 19.5 Å². The van der Waals surface area contributed by atoms with Crippen molar-refractivity contribution in [2.24, 2.45) is 5.41 Å². The molecule has 0 atom stereocenters. The fourth-order valence-electron chi connectivity index (χ4n) is 1.43. The Labute approximate surface area is 67.9 Å². The van der Waals surface area contributed by atoms with E-state index < -0.39 is 0 Å². The van der Waals surface area contributed by atoms with Gasteiger partial charge in [0.15, 0.2) is 0 Å². The maximum absolute atomic E-state index is 11.1. The van der Waals surface area contributed by atoms with Gasteiger partial charge in [-0.05, 0) is 17.9 Å². The van der Waals surface area contributed by atoms with E-state index in [1.54, 1.807) is 0 Å². The highest BCUT2D eigenvalue weighted by molar-refractivity contribution is 5.87. The predicted octanol–water partition coefficient (Wildman–Crippen LogP) is 1.43. The molecule has 11 heavy (non-hydrogen) atoms. The molecule has 2 nitrogen and oxygen atoms in total. The molecule has 1 fully saturated rings. The van der Waals surface area contributed by atoms with E-state index in [9.17, 15) is 4.79 Å². The lowest BCUT2D eigenvalue weighted by Gasteiger charge is -2.18. The van der Waals surface area contributed by atoms with Gasteiger partial charge >= 0.3 is 0 Å². The Bertz CT molecular complexity index is 184. The molecule has 0 spiro atoms. The second kappa shape index (κ2) is 2.68. The van der Waals surface area contributed by atoms with Crippen LogP contribution < -0.4 is 0 Å². The first-order valence-corrected chi connectivity index (χ1v) is 3.96. The molecule has 1 saturated heterocycles. The van der Waals surface area contributed by atoms with Gasteiger partial charge in [0.2, 0.25) is 5.91 Å². The van der Waals surface area contributed by atoms with Crippen LogP contribution in [-0.2, 0) is 4.79 Å². The van der Waals surface area contributed by atoms with Crippen LogP contribution in [0.5, 0.6) is 0 Å². The maximum Gasteiger partial charge on any atom is 0.245 e. The fraction of sp³-hybridized carbons (Fsp3) is 0.667. The number of hydrogen-bond acceptors (Lipinski definition) is 1. The molecule has 0 aromatic carbocycles. The van der Waals surface area contributed by atoms with Crippen LogP contribution in [0.15, 0.2) is 12.7 Å². The molecule has 0 aromatic rings. The molecule has 0 N–H and O–H groups in total. The number of amides is 1. The van der Waals surface area contributed by atoms with Gasteiger partial charge in [-0.15, -0.1) is 0 Å². The van der Waals surface area contributed by atoms with E-state index in [1.807, 2.05) is 4.90 Å². The van der Waals surface area contributed by atoms with Gasteiger partial charge in [0, 0.05) is 13.1 Å². The van der Waals surface area contributed by atoms with Gasteiger partial charge in [-0.2, -0.15) is 0 Å². The molecule has 1 amide bonds. The van der Waals surface area contributed by atoms with E-state index in [0.29, 0.717) is 5.41 Å². The minimum absolute atomic E-state index is 0.0653. The van der Waals surface area contributed by atoms with Crippen LogP contribution in [-0.4, -0.2) is 23.9 Å². The van der Waals surface area contributed by atoms with Crippen molar-refractivity contribution in [1.29, 1.82) is 0 Å². The van der Waals surface area contributed by atoms with Gasteiger partial charge in [0.25, 0.3) is 0 Å². The average Bonchev–Trinajstić information content (AvgIpc) is 2.29. The second-order valence-electron chi connectivity index (χ2n) is 3.88. The number of carbonyl (C=O) groups is 1. The number of carbonyl (C=O) groups excluding carboxylic acids is 1. The Morgan fingerprint density at radius 1 is 1.64 bits per heavy atom. The summed E-state index contributed by atoms with van der Waals surface area (Å²) in [5.74, 6) is 0.0653. The first kappa shape index (κ1) is 8.31.